The molecule has 0 unspecified atom stereocenters. The average Bonchev–Trinajstić information content (AvgIpc) is 3.94. The number of aromatic carboxylic acids is 1. The minimum atomic E-state index is -1.02. The number of morpholine rings is 2. The Morgan fingerprint density at radius 3 is 1.30 bits per heavy atom. The number of ketones is 2. The van der Waals surface area contributed by atoms with Gasteiger partial charge in [-0.25, -0.2) is 33.3 Å². The Bertz CT molecular complexity index is 2340. The first-order valence-electron chi connectivity index (χ1n) is 20.5. The SMILES string of the molecule is CC(=O)c1cnn2ccc(Cl)nc12.CC(=O)c1cnn2ccc(N3C[C@H](C)O[C@@H](C)C3)nc12.C[C@H]1CCC[C@H](C)O1.C[C@H]1CN(c2ccn3ncc(C(=O)O)c3n2)C[C@H](C)O1.O.[Li+].[OH-]. The fraction of sp³-hybridized carbons (Fsp3) is 0.500. The van der Waals surface area contributed by atoms with Crippen LogP contribution in [0.25, 0.3) is 16.9 Å². The molecule has 3 aliphatic heterocycles. The number of ether oxygens (including phenoxy) is 3. The van der Waals surface area contributed by atoms with E-state index in [-0.39, 0.29) is 71.4 Å². The third-order valence-corrected chi connectivity index (χ3v) is 10.4. The van der Waals surface area contributed by atoms with E-state index in [1.165, 1.54) is 54.5 Å². The number of carboxylic acid groups (broad SMARTS) is 1. The zero-order valence-electron chi connectivity index (χ0n) is 37.8. The normalized spacial score (nSPS) is 21.6. The Hall–Kier alpha value is -5.04. The molecule has 3 aliphatic rings. The van der Waals surface area contributed by atoms with Gasteiger partial charge in [0.25, 0.3) is 0 Å². The molecule has 342 valence electrons. The monoisotopic (exact) mass is 901 g/mol. The molecule has 4 N–H and O–H groups in total. The standard InChI is InChI=1S/C14H18N4O2.C13H16N4O3.C8H6ClN3O.C7H14O.Li.2H2O/c1-9-7-17(8-10(2)20-9)13-4-5-18-14(16-13)12(6-15-18)11(3)19;1-8-6-16(7-9(2)20-8)11-3-4-17-12(15-11)10(5-14-17)13(18)19;1-5(13)6-4-10-12-3-2-7(9)11-8(6)12;1-6-4-3-5-7(2)8-6;;;/h4-6,9-10H,7-8H2,1-3H3;3-5,8-9H,6-7H2,1-2H3,(H,18,19);2-4H,1H3;6-7H,3-5H2,1-2H3;;2*1H2/q;;;;+1;;/p-1/t9-,10-;8-,9-;;6-,7-;;;/m00.0.../s1. The third-order valence-electron chi connectivity index (χ3n) is 10.2. The molecule has 9 rings (SSSR count). The number of rotatable bonds is 5. The second-order valence-corrected chi connectivity index (χ2v) is 16.1. The second kappa shape index (κ2) is 23.8. The number of anilines is 2. The predicted molar refractivity (Wildman–Crippen MR) is 235 cm³/mol. The Morgan fingerprint density at radius 1 is 0.594 bits per heavy atom. The van der Waals surface area contributed by atoms with Crippen LogP contribution in [0.15, 0.2) is 55.4 Å². The number of hydrogen-bond donors (Lipinski definition) is 1. The molecule has 0 radical (unpaired) electrons. The van der Waals surface area contributed by atoms with Gasteiger partial charge in [-0.1, -0.05) is 11.6 Å². The van der Waals surface area contributed by atoms with Crippen LogP contribution in [0.3, 0.4) is 0 Å². The zero-order valence-corrected chi connectivity index (χ0v) is 38.5. The molecule has 3 saturated heterocycles. The molecule has 0 amide bonds. The Labute approximate surface area is 388 Å². The summed E-state index contributed by atoms with van der Waals surface area (Å²) in [5.74, 6) is 0.511. The van der Waals surface area contributed by atoms with Crippen molar-refractivity contribution in [2.75, 3.05) is 36.0 Å². The van der Waals surface area contributed by atoms with E-state index in [1.54, 1.807) is 29.2 Å². The maximum Gasteiger partial charge on any atom is 1.00 e. The average molecular weight is 902 g/mol. The number of Topliss-reactive ketones (excluding diaryl/α,β-unsaturated/α-hetero) is 2. The summed E-state index contributed by atoms with van der Waals surface area (Å²) in [7, 11) is 0. The van der Waals surface area contributed by atoms with E-state index in [9.17, 15) is 14.4 Å². The number of aromatic nitrogens is 9. The van der Waals surface area contributed by atoms with Gasteiger partial charge in [0.15, 0.2) is 28.5 Å². The summed E-state index contributed by atoms with van der Waals surface area (Å²) in [6.45, 7) is 18.5. The van der Waals surface area contributed by atoms with Crippen LogP contribution in [0.4, 0.5) is 11.6 Å². The van der Waals surface area contributed by atoms with Crippen molar-refractivity contribution in [2.45, 2.75) is 111 Å². The summed E-state index contributed by atoms with van der Waals surface area (Å²) in [6, 6.07) is 5.39. The molecule has 3 fully saturated rings. The second-order valence-electron chi connectivity index (χ2n) is 15.7. The van der Waals surface area contributed by atoms with Gasteiger partial charge in [0.05, 0.1) is 66.3 Å². The molecule has 0 spiro atoms. The number of carbonyl (C=O) groups is 3. The Balaban J connectivity index is 0.000000234. The molecule has 0 bridgehead atoms. The van der Waals surface area contributed by atoms with Crippen molar-refractivity contribution < 1.29 is 63.5 Å². The maximum atomic E-state index is 11.6. The first kappa shape index (κ1) is 53.3. The van der Waals surface area contributed by atoms with Crippen molar-refractivity contribution in [1.29, 1.82) is 0 Å². The van der Waals surface area contributed by atoms with E-state index in [0.29, 0.717) is 45.4 Å². The van der Waals surface area contributed by atoms with E-state index in [0.717, 1.165) is 37.8 Å². The van der Waals surface area contributed by atoms with E-state index in [1.807, 2.05) is 32.2 Å². The number of halogens is 1. The van der Waals surface area contributed by atoms with E-state index in [2.05, 4.69) is 67.7 Å². The van der Waals surface area contributed by atoms with Gasteiger partial charge < -0.3 is 40.1 Å². The fourth-order valence-corrected chi connectivity index (χ4v) is 7.66. The first-order valence-corrected chi connectivity index (χ1v) is 20.8. The van der Waals surface area contributed by atoms with Crippen LogP contribution in [-0.2, 0) is 14.2 Å². The summed E-state index contributed by atoms with van der Waals surface area (Å²) in [6.07, 6.45) is 15.1. The van der Waals surface area contributed by atoms with Crippen LogP contribution in [0.1, 0.15) is 106 Å². The molecule has 22 heteroatoms. The minimum Gasteiger partial charge on any atom is -0.870 e. The number of fused-ring (bicyclic) bond motifs is 3. The Morgan fingerprint density at radius 2 is 0.938 bits per heavy atom. The van der Waals surface area contributed by atoms with E-state index < -0.39 is 5.97 Å². The van der Waals surface area contributed by atoms with Crippen molar-refractivity contribution in [3.63, 3.8) is 0 Å². The van der Waals surface area contributed by atoms with Gasteiger partial charge in [-0.15, -0.1) is 0 Å². The Kier molecular flexibility index (Phi) is 19.8. The van der Waals surface area contributed by atoms with Crippen molar-refractivity contribution in [2.24, 2.45) is 0 Å². The van der Waals surface area contributed by atoms with Gasteiger partial charge in [-0.3, -0.25) is 9.59 Å². The first-order chi connectivity index (χ1) is 29.1. The van der Waals surface area contributed by atoms with Crippen molar-refractivity contribution in [3.8, 4) is 0 Å². The number of nitrogens with zero attached hydrogens (tertiary/aromatic N) is 11. The summed E-state index contributed by atoms with van der Waals surface area (Å²) in [4.78, 5) is 51.2. The van der Waals surface area contributed by atoms with Gasteiger partial charge in [0.2, 0.25) is 0 Å². The van der Waals surface area contributed by atoms with Gasteiger partial charge in [0, 0.05) is 44.8 Å². The predicted octanol–water partition coefficient (Wildman–Crippen LogP) is 2.14. The van der Waals surface area contributed by atoms with Gasteiger partial charge in [-0.05, 0) is 92.9 Å². The molecule has 20 nitrogen and oxygen atoms in total. The van der Waals surface area contributed by atoms with Crippen LogP contribution in [-0.4, -0.2) is 140 Å². The number of carboxylic acids is 1. The molecule has 6 atom stereocenters. The topological polar surface area (TPSA) is 258 Å². The molecular formula is C42H57ClLiN11O9. The summed E-state index contributed by atoms with van der Waals surface area (Å²) in [5, 5.41) is 21.6. The van der Waals surface area contributed by atoms with Gasteiger partial charge in [-0.2, -0.15) is 15.3 Å². The number of hydrogen-bond acceptors (Lipinski definition) is 15. The van der Waals surface area contributed by atoms with Crippen LogP contribution in [0.2, 0.25) is 5.15 Å². The largest absolute Gasteiger partial charge is 1.00 e. The van der Waals surface area contributed by atoms with Crippen LogP contribution < -0.4 is 28.7 Å². The molecule has 0 aliphatic carbocycles. The smallest absolute Gasteiger partial charge is 0.870 e. The number of carbonyl (C=O) groups excluding carboxylic acids is 2. The molecule has 0 aromatic carbocycles. The van der Waals surface area contributed by atoms with Crippen LogP contribution in [0, 0.1) is 0 Å². The molecule has 64 heavy (non-hydrogen) atoms. The molecule has 6 aromatic rings. The summed E-state index contributed by atoms with van der Waals surface area (Å²) in [5.41, 5.74) is 2.63. The molecular weight excluding hydrogens is 845 g/mol. The molecule has 6 aromatic heterocycles. The van der Waals surface area contributed by atoms with E-state index in [4.69, 9.17) is 30.9 Å². The minimum absolute atomic E-state index is 0. The zero-order chi connectivity index (χ0) is 44.0. The quantitative estimate of drug-likeness (QED) is 0.148. The van der Waals surface area contributed by atoms with Crippen LogP contribution >= 0.6 is 11.6 Å². The fourth-order valence-electron chi connectivity index (χ4n) is 7.52. The van der Waals surface area contributed by atoms with Crippen molar-refractivity contribution in [3.05, 3.63) is 77.2 Å². The third kappa shape index (κ3) is 13.5. The van der Waals surface area contributed by atoms with Crippen molar-refractivity contribution >= 4 is 57.7 Å². The molecule has 9 heterocycles. The van der Waals surface area contributed by atoms with Gasteiger partial charge in [0.1, 0.15) is 22.4 Å². The summed E-state index contributed by atoms with van der Waals surface area (Å²) >= 11 is 5.69. The van der Waals surface area contributed by atoms with Crippen LogP contribution in [0.5, 0.6) is 0 Å². The molecule has 0 saturated carbocycles. The maximum absolute atomic E-state index is 11.6. The summed E-state index contributed by atoms with van der Waals surface area (Å²) < 4.78 is 21.5. The van der Waals surface area contributed by atoms with Crippen molar-refractivity contribution in [1.82, 2.24) is 43.8 Å². The van der Waals surface area contributed by atoms with E-state index >= 15 is 0 Å². The van der Waals surface area contributed by atoms with Gasteiger partial charge >= 0.3 is 24.8 Å².